The zero-order valence-electron chi connectivity index (χ0n) is 9.54. The summed E-state index contributed by atoms with van der Waals surface area (Å²) in [5, 5.41) is 2.15. The second-order valence-electron chi connectivity index (χ2n) is 3.13. The summed E-state index contributed by atoms with van der Waals surface area (Å²) in [6.45, 7) is 2.17. The molecule has 0 amide bonds. The normalized spacial score (nSPS) is 22.7. The third-order valence-corrected chi connectivity index (χ3v) is 11.2. The van der Waals surface area contributed by atoms with E-state index in [4.69, 9.17) is 0 Å². The monoisotopic (exact) mass is 388 g/mol. The van der Waals surface area contributed by atoms with Gasteiger partial charge in [0.05, 0.1) is 16.9 Å². The van der Waals surface area contributed by atoms with Crippen LogP contribution in [0.3, 0.4) is 0 Å². The van der Waals surface area contributed by atoms with Crippen LogP contribution in [-0.2, 0) is 0 Å². The Bertz CT molecular complexity index is 408. The Hall–Kier alpha value is 2.02. The van der Waals surface area contributed by atoms with E-state index in [1.165, 1.54) is 16.9 Å². The maximum atomic E-state index is 4.55. The molecule has 0 aromatic heterocycles. The predicted octanol–water partition coefficient (Wildman–Crippen LogP) is 6.69. The lowest BCUT2D eigenvalue weighted by Gasteiger charge is -2.03. The summed E-state index contributed by atoms with van der Waals surface area (Å²) in [6.07, 6.45) is 3.36. The van der Waals surface area contributed by atoms with Crippen molar-refractivity contribution in [2.45, 2.75) is 13.3 Å². The minimum absolute atomic E-state index is 1.04. The van der Waals surface area contributed by atoms with E-state index < -0.39 is 0 Å². The summed E-state index contributed by atoms with van der Waals surface area (Å²) in [5.41, 5.74) is 0. The highest BCUT2D eigenvalue weighted by atomic mass is 32.3. The summed E-state index contributed by atoms with van der Waals surface area (Å²) in [6, 6.07) is 0. The molecule has 2 aliphatic rings. The number of thioether (sulfide) groups is 6. The van der Waals surface area contributed by atoms with Crippen molar-refractivity contribution >= 4 is 95.8 Å². The molecule has 0 aliphatic carbocycles. The maximum Gasteiger partial charge on any atom is 0.0665 e. The molecule has 8 heteroatoms. The molecule has 2 heterocycles. The molecule has 100 valence electrons. The molecule has 0 spiro atoms. The first kappa shape index (κ1) is 16.4. The van der Waals surface area contributed by atoms with Crippen LogP contribution in [0.25, 0.3) is 0 Å². The smallest absolute Gasteiger partial charge is 0.0665 e. The quantitative estimate of drug-likeness (QED) is 0.395. The number of rotatable bonds is 5. The highest BCUT2D eigenvalue weighted by Crippen LogP contribution is 2.56. The molecule has 0 aromatic rings. The number of thiol groups is 2. The third-order valence-electron chi connectivity index (χ3n) is 1.88. The Morgan fingerprint density at radius 1 is 1.11 bits per heavy atom. The van der Waals surface area contributed by atoms with E-state index in [0.29, 0.717) is 0 Å². The third kappa shape index (κ3) is 4.79. The molecule has 0 bridgehead atoms. The molecule has 0 atom stereocenters. The number of hydrogen-bond acceptors (Lipinski definition) is 8. The SMILES string of the molecule is CC/C=C1\SC(S)=C(SCSC2=C(S)SCS2)S1. The van der Waals surface area contributed by atoms with Crippen LogP contribution >= 0.6 is 95.8 Å². The molecule has 0 radical (unpaired) electrons. The Balaban J connectivity index is 1.79. The van der Waals surface area contributed by atoms with E-state index in [-0.39, 0.29) is 0 Å². The number of hydrogen-bond donors (Lipinski definition) is 2. The lowest BCUT2D eigenvalue weighted by atomic mass is 10.5. The van der Waals surface area contributed by atoms with Gasteiger partial charge in [0.25, 0.3) is 0 Å². The zero-order chi connectivity index (χ0) is 13.0. The van der Waals surface area contributed by atoms with Crippen molar-refractivity contribution < 1.29 is 0 Å². The molecule has 2 rings (SSSR count). The van der Waals surface area contributed by atoms with E-state index in [2.05, 4.69) is 38.3 Å². The van der Waals surface area contributed by atoms with Crippen molar-refractivity contribution in [3.63, 3.8) is 0 Å². The average molecular weight is 389 g/mol. The van der Waals surface area contributed by atoms with Crippen molar-refractivity contribution in [1.82, 2.24) is 0 Å². The Labute approximate surface area is 145 Å². The van der Waals surface area contributed by atoms with Crippen LogP contribution in [0.2, 0.25) is 0 Å². The lowest BCUT2D eigenvalue weighted by molar-refractivity contribution is 1.23. The van der Waals surface area contributed by atoms with E-state index in [9.17, 15) is 0 Å². The molecular formula is C10H12S8. The maximum absolute atomic E-state index is 4.55. The van der Waals surface area contributed by atoms with Crippen LogP contribution in [0, 0.1) is 0 Å². The Kier molecular flexibility index (Phi) is 7.70. The van der Waals surface area contributed by atoms with E-state index >= 15 is 0 Å². The van der Waals surface area contributed by atoms with Crippen LogP contribution < -0.4 is 0 Å². The van der Waals surface area contributed by atoms with E-state index in [0.717, 1.165) is 20.8 Å². The summed E-state index contributed by atoms with van der Waals surface area (Å²) < 4.78 is 6.42. The van der Waals surface area contributed by atoms with Crippen molar-refractivity contribution in [1.29, 1.82) is 0 Å². The molecule has 18 heavy (non-hydrogen) atoms. The zero-order valence-corrected chi connectivity index (χ0v) is 16.2. The van der Waals surface area contributed by atoms with Crippen LogP contribution in [0.4, 0.5) is 0 Å². The van der Waals surface area contributed by atoms with Gasteiger partial charge in [-0.3, -0.25) is 0 Å². The topological polar surface area (TPSA) is 0 Å². The first-order valence-corrected chi connectivity index (χ1v) is 11.6. The van der Waals surface area contributed by atoms with Crippen molar-refractivity contribution in [3.8, 4) is 0 Å². The highest BCUT2D eigenvalue weighted by Gasteiger charge is 2.20. The second kappa shape index (κ2) is 8.46. The Morgan fingerprint density at radius 2 is 1.89 bits per heavy atom. The minimum Gasteiger partial charge on any atom is -0.135 e. The molecule has 0 saturated carbocycles. The molecule has 0 fully saturated rings. The molecule has 0 saturated heterocycles. The van der Waals surface area contributed by atoms with Gasteiger partial charge >= 0.3 is 0 Å². The highest BCUT2D eigenvalue weighted by molar-refractivity contribution is 8.41. The van der Waals surface area contributed by atoms with Crippen LogP contribution in [0.15, 0.2) is 27.3 Å². The van der Waals surface area contributed by atoms with Gasteiger partial charge in [0.15, 0.2) is 0 Å². The summed E-state index contributed by atoms with van der Waals surface area (Å²) in [7, 11) is 0. The van der Waals surface area contributed by atoms with Crippen LogP contribution in [0.5, 0.6) is 0 Å². The Morgan fingerprint density at radius 3 is 2.56 bits per heavy atom. The minimum atomic E-state index is 1.04. The average Bonchev–Trinajstić information content (AvgIpc) is 2.88. The van der Waals surface area contributed by atoms with Crippen molar-refractivity contribution in [2.24, 2.45) is 0 Å². The van der Waals surface area contributed by atoms with E-state index in [1.54, 1.807) is 11.8 Å². The second-order valence-corrected chi connectivity index (χ2v) is 12.2. The molecule has 0 unspecified atom stereocenters. The summed E-state index contributed by atoms with van der Waals surface area (Å²) in [4.78, 5) is 0. The van der Waals surface area contributed by atoms with Gasteiger partial charge in [-0.15, -0.1) is 72.3 Å². The van der Waals surface area contributed by atoms with Gasteiger partial charge in [0.2, 0.25) is 0 Å². The van der Waals surface area contributed by atoms with Gasteiger partial charge < -0.3 is 0 Å². The summed E-state index contributed by atoms with van der Waals surface area (Å²) in [5.74, 6) is 0. The molecule has 2 aliphatic heterocycles. The van der Waals surface area contributed by atoms with Crippen LogP contribution in [-0.4, -0.2) is 10.2 Å². The van der Waals surface area contributed by atoms with Gasteiger partial charge in [-0.2, -0.15) is 0 Å². The fourth-order valence-corrected chi connectivity index (χ4v) is 10.8. The van der Waals surface area contributed by atoms with Crippen molar-refractivity contribution in [3.05, 3.63) is 27.3 Å². The predicted molar refractivity (Wildman–Crippen MR) is 106 cm³/mol. The molecular weight excluding hydrogens is 377 g/mol. The fourth-order valence-electron chi connectivity index (χ4n) is 1.13. The van der Waals surface area contributed by atoms with Gasteiger partial charge in [-0.05, 0) is 6.42 Å². The first-order chi connectivity index (χ1) is 8.70. The fraction of sp³-hybridized carbons (Fsp3) is 0.400. The molecule has 0 N–H and O–H groups in total. The molecule has 0 nitrogen and oxygen atoms in total. The van der Waals surface area contributed by atoms with Gasteiger partial charge in [-0.25, -0.2) is 0 Å². The van der Waals surface area contributed by atoms with Gasteiger partial charge in [-0.1, -0.05) is 36.5 Å². The molecule has 0 aromatic carbocycles. The standard InChI is InChI=1S/C10H12S8/c1-2-3-6-17-8(12)10(18-6)16-5-15-9-7(11)13-4-14-9/h3,11-12H,2,4-5H2,1H3/b6-3+. The van der Waals surface area contributed by atoms with Crippen LogP contribution in [0.1, 0.15) is 13.3 Å². The lowest BCUT2D eigenvalue weighted by Crippen LogP contribution is -1.73. The summed E-state index contributed by atoms with van der Waals surface area (Å²) >= 11 is 20.2. The van der Waals surface area contributed by atoms with Gasteiger partial charge in [0, 0.05) is 14.4 Å². The first-order valence-electron chi connectivity index (χ1n) is 5.14. The largest absolute Gasteiger partial charge is 0.135 e. The van der Waals surface area contributed by atoms with Crippen molar-refractivity contribution in [2.75, 3.05) is 10.2 Å². The van der Waals surface area contributed by atoms with Gasteiger partial charge in [0.1, 0.15) is 0 Å². The van der Waals surface area contributed by atoms with E-state index in [1.807, 2.05) is 58.8 Å². The number of allylic oxidation sites excluding steroid dienone is 1.